The van der Waals surface area contributed by atoms with Gasteiger partial charge in [-0.05, 0) is 88.5 Å². The monoisotopic (exact) mass is 589 g/mol. The first-order valence-corrected chi connectivity index (χ1v) is 14.0. The van der Waals surface area contributed by atoms with Crippen molar-refractivity contribution in [3.8, 4) is 27.9 Å². The number of Topliss-reactive ketones (excluding diaryl/α,β-unsaturated/α-hetero) is 1. The van der Waals surface area contributed by atoms with Gasteiger partial charge >= 0.3 is 0 Å². The van der Waals surface area contributed by atoms with E-state index in [-0.39, 0.29) is 5.78 Å². The number of carbonyl (C=O) groups is 1. The smallest absolute Gasteiger partial charge is 0.200 e. The van der Waals surface area contributed by atoms with E-state index >= 15 is 4.39 Å². The fourth-order valence-electron chi connectivity index (χ4n) is 5.27. The molecule has 0 aliphatic rings. The third kappa shape index (κ3) is 6.05. The summed E-state index contributed by atoms with van der Waals surface area (Å²) in [5, 5.41) is 25.7. The van der Waals surface area contributed by atoms with Gasteiger partial charge in [-0.3, -0.25) is 4.79 Å². The topological polar surface area (TPSA) is 87.6 Å². The molecule has 0 unspecified atom stereocenters. The molecule has 0 bridgehead atoms. The van der Waals surface area contributed by atoms with E-state index in [9.17, 15) is 10.0 Å². The Morgan fingerprint density at radius 3 is 2.51 bits per heavy atom. The molecule has 0 aliphatic heterocycles. The number of hydrogen-bond donors (Lipinski definition) is 0. The van der Waals surface area contributed by atoms with Crippen LogP contribution in [0.15, 0.2) is 116 Å². The van der Waals surface area contributed by atoms with E-state index < -0.39 is 11.7 Å². The second-order valence-electron chi connectivity index (χ2n) is 10.2. The Hall–Kier alpha value is -5.21. The first-order valence-electron chi connectivity index (χ1n) is 13.6. The number of aromatic nitrogens is 5. The Balaban J connectivity index is 1.46. The highest BCUT2D eigenvalue weighted by Crippen LogP contribution is 2.34. The van der Waals surface area contributed by atoms with E-state index in [2.05, 4.69) is 15.5 Å². The van der Waals surface area contributed by atoms with Crippen LogP contribution in [0, 0.1) is 11.0 Å². The van der Waals surface area contributed by atoms with Crippen LogP contribution in [-0.4, -0.2) is 26.0 Å². The summed E-state index contributed by atoms with van der Waals surface area (Å²) in [4.78, 5) is 12.0. The number of ketones is 1. The van der Waals surface area contributed by atoms with Crippen molar-refractivity contribution in [1.29, 1.82) is 0 Å². The van der Waals surface area contributed by atoms with Crippen LogP contribution in [0.2, 0.25) is 5.02 Å². The molecule has 212 valence electrons. The Morgan fingerprint density at radius 2 is 1.77 bits per heavy atom. The summed E-state index contributed by atoms with van der Waals surface area (Å²) in [5.74, 6) is -0.980. The minimum absolute atomic E-state index is 0.0733. The minimum Gasteiger partial charge on any atom is -0.618 e. The molecule has 6 aromatic rings. The molecule has 0 spiro atoms. The number of halogens is 2. The second kappa shape index (κ2) is 12.0. The Kier molecular flexibility index (Phi) is 7.77. The molecule has 2 aromatic heterocycles. The lowest BCUT2D eigenvalue weighted by molar-refractivity contribution is -0.614. The highest BCUT2D eigenvalue weighted by atomic mass is 35.5. The molecule has 7 nitrogen and oxygen atoms in total. The van der Waals surface area contributed by atoms with E-state index in [4.69, 9.17) is 11.6 Å². The van der Waals surface area contributed by atoms with Crippen molar-refractivity contribution < 1.29 is 13.9 Å². The third-order valence-electron chi connectivity index (χ3n) is 7.37. The lowest BCUT2D eigenvalue weighted by atomic mass is 9.86. The average molecular weight is 590 g/mol. The van der Waals surface area contributed by atoms with Gasteiger partial charge in [0.25, 0.3) is 0 Å². The fraction of sp³-hybridized carbons (Fsp3) is 0.0882. The zero-order valence-electron chi connectivity index (χ0n) is 23.1. The van der Waals surface area contributed by atoms with Gasteiger partial charge in [0.2, 0.25) is 5.69 Å². The van der Waals surface area contributed by atoms with Crippen LogP contribution in [0.4, 0.5) is 4.39 Å². The third-order valence-corrected chi connectivity index (χ3v) is 7.61. The fourth-order valence-corrected chi connectivity index (χ4v) is 5.45. The molecular weight excluding hydrogens is 565 g/mol. The molecule has 9 heteroatoms. The van der Waals surface area contributed by atoms with Crippen LogP contribution in [0.5, 0.6) is 0 Å². The first-order chi connectivity index (χ1) is 20.9. The molecule has 1 atom stereocenters. The molecule has 2 heterocycles. The van der Waals surface area contributed by atoms with Crippen molar-refractivity contribution in [2.24, 2.45) is 0 Å². The van der Waals surface area contributed by atoms with Crippen LogP contribution in [0.25, 0.3) is 27.9 Å². The quantitative estimate of drug-likeness (QED) is 0.108. The molecule has 4 aromatic carbocycles. The molecule has 0 saturated heterocycles. The van der Waals surface area contributed by atoms with Crippen LogP contribution >= 0.6 is 11.6 Å². The SMILES string of the molecule is CC(=O)c1cccc(-c2cc(F)cc([C@@H](Cc3ccccc3)c3ccc(-c4cc(Cl)ccc4-n4cnnn4)c[n+]3[O-])c2)c1. The summed E-state index contributed by atoms with van der Waals surface area (Å²) in [7, 11) is 0. The zero-order valence-corrected chi connectivity index (χ0v) is 23.8. The van der Waals surface area contributed by atoms with E-state index in [1.807, 2.05) is 48.5 Å². The highest BCUT2D eigenvalue weighted by Gasteiger charge is 2.25. The van der Waals surface area contributed by atoms with E-state index in [1.165, 1.54) is 36.3 Å². The standard InChI is InChI=1S/C34H25ClFN5O2/c1-22(42)24-8-5-9-25(15-24)27-16-28(18-30(36)17-27)31(14-23-6-3-2-4-7-23)34-12-10-26(20-41(34)43)32-19-29(35)11-13-33(32)40-21-37-38-39-40/h2-13,15-21,31H,14H2,1H3/t31-/m1/s1. The summed E-state index contributed by atoms with van der Waals surface area (Å²) < 4.78 is 17.5. The second-order valence-corrected chi connectivity index (χ2v) is 10.7. The van der Waals surface area contributed by atoms with E-state index in [1.54, 1.807) is 42.5 Å². The van der Waals surface area contributed by atoms with Crippen molar-refractivity contribution in [2.45, 2.75) is 19.3 Å². The predicted octanol–water partition coefficient (Wildman–Crippen LogP) is 7.00. The maximum absolute atomic E-state index is 15.2. The molecule has 0 fully saturated rings. The predicted molar refractivity (Wildman–Crippen MR) is 162 cm³/mol. The molecule has 0 amide bonds. The number of rotatable bonds is 8. The summed E-state index contributed by atoms with van der Waals surface area (Å²) in [6.07, 6.45) is 3.42. The summed E-state index contributed by atoms with van der Waals surface area (Å²) in [6, 6.07) is 30.5. The van der Waals surface area contributed by atoms with Crippen LogP contribution in [0.3, 0.4) is 0 Å². The number of pyridine rings is 1. The molecule has 43 heavy (non-hydrogen) atoms. The molecule has 0 saturated carbocycles. The Bertz CT molecular complexity index is 1930. The lowest BCUT2D eigenvalue weighted by Gasteiger charge is -2.19. The molecule has 0 radical (unpaired) electrons. The van der Waals surface area contributed by atoms with Crippen molar-refractivity contribution in [3.05, 3.63) is 154 Å². The van der Waals surface area contributed by atoms with Gasteiger partial charge in [-0.15, -0.1) is 5.10 Å². The van der Waals surface area contributed by atoms with Crippen molar-refractivity contribution >= 4 is 17.4 Å². The Labute approximate surface area is 252 Å². The van der Waals surface area contributed by atoms with Crippen LogP contribution < -0.4 is 4.73 Å². The zero-order chi connectivity index (χ0) is 29.9. The Morgan fingerprint density at radius 1 is 0.930 bits per heavy atom. The van der Waals surface area contributed by atoms with Crippen molar-refractivity contribution in [2.75, 3.05) is 0 Å². The number of nitrogens with zero attached hydrogens (tertiary/aromatic N) is 5. The molecule has 6 rings (SSSR count). The maximum Gasteiger partial charge on any atom is 0.200 e. The van der Waals surface area contributed by atoms with Gasteiger partial charge in [0.05, 0.1) is 11.6 Å². The largest absolute Gasteiger partial charge is 0.618 e. The van der Waals surface area contributed by atoms with Gasteiger partial charge in [-0.2, -0.15) is 9.41 Å². The highest BCUT2D eigenvalue weighted by molar-refractivity contribution is 6.31. The number of tetrazole rings is 1. The normalized spacial score (nSPS) is 11.8. The summed E-state index contributed by atoms with van der Waals surface area (Å²) in [6.45, 7) is 1.50. The van der Waals surface area contributed by atoms with Crippen molar-refractivity contribution in [1.82, 2.24) is 20.2 Å². The van der Waals surface area contributed by atoms with Crippen LogP contribution in [0.1, 0.15) is 40.0 Å². The van der Waals surface area contributed by atoms with Gasteiger partial charge < -0.3 is 5.21 Å². The van der Waals surface area contributed by atoms with E-state index in [0.29, 0.717) is 56.2 Å². The van der Waals surface area contributed by atoms with E-state index in [0.717, 1.165) is 10.3 Å². The van der Waals surface area contributed by atoms with Gasteiger partial charge in [-0.1, -0.05) is 66.2 Å². The van der Waals surface area contributed by atoms with Crippen molar-refractivity contribution in [3.63, 3.8) is 0 Å². The summed E-state index contributed by atoms with van der Waals surface area (Å²) in [5.41, 5.74) is 5.92. The molecule has 0 N–H and O–H groups in total. The van der Waals surface area contributed by atoms with Crippen LogP contribution in [-0.2, 0) is 6.42 Å². The molecule has 0 aliphatic carbocycles. The van der Waals surface area contributed by atoms with Gasteiger partial charge in [0.1, 0.15) is 12.1 Å². The number of hydrogen-bond acceptors (Lipinski definition) is 5. The minimum atomic E-state index is -0.474. The number of carbonyl (C=O) groups excluding carboxylic acids is 1. The number of benzene rings is 4. The van der Waals surface area contributed by atoms with Gasteiger partial charge in [0.15, 0.2) is 12.0 Å². The molecular formula is C34H25ClFN5O2. The van der Waals surface area contributed by atoms with Gasteiger partial charge in [-0.25, -0.2) is 4.39 Å². The summed E-state index contributed by atoms with van der Waals surface area (Å²) >= 11 is 6.33. The average Bonchev–Trinajstić information content (AvgIpc) is 3.55. The lowest BCUT2D eigenvalue weighted by Crippen LogP contribution is -2.34. The van der Waals surface area contributed by atoms with Gasteiger partial charge in [0, 0.05) is 27.8 Å². The first kappa shape index (κ1) is 27.9. The maximum atomic E-state index is 15.2.